The van der Waals surface area contributed by atoms with Crippen LogP contribution in [0.15, 0.2) is 73.1 Å². The molecular formula is C35H53N2+. The van der Waals surface area contributed by atoms with E-state index in [-0.39, 0.29) is 5.41 Å². The van der Waals surface area contributed by atoms with Crippen LogP contribution in [-0.2, 0) is 18.4 Å². The summed E-state index contributed by atoms with van der Waals surface area (Å²) in [7, 11) is 0. The van der Waals surface area contributed by atoms with Crippen LogP contribution < -0.4 is 4.57 Å². The molecule has 2 aromatic carbocycles. The average molecular weight is 502 g/mol. The van der Waals surface area contributed by atoms with E-state index in [1.807, 2.05) is 0 Å². The second kappa shape index (κ2) is 16.5. The van der Waals surface area contributed by atoms with Crippen LogP contribution in [0.2, 0.25) is 0 Å². The first-order chi connectivity index (χ1) is 18.2. The summed E-state index contributed by atoms with van der Waals surface area (Å²) in [4.78, 5) is 3.72. The van der Waals surface area contributed by atoms with Crippen molar-refractivity contribution in [2.24, 2.45) is 0 Å². The zero-order chi connectivity index (χ0) is 26.2. The van der Waals surface area contributed by atoms with Gasteiger partial charge in [-0.25, -0.2) is 9.55 Å². The molecule has 2 heteroatoms. The molecule has 2 nitrogen and oxygen atoms in total. The number of unbranched alkanes of at least 4 members (excludes halogenated alkanes) is 10. The lowest BCUT2D eigenvalue weighted by molar-refractivity contribution is -0.705. The van der Waals surface area contributed by atoms with Crippen molar-refractivity contribution in [2.45, 2.75) is 129 Å². The zero-order valence-corrected chi connectivity index (χ0v) is 24.1. The van der Waals surface area contributed by atoms with Crippen molar-refractivity contribution >= 4 is 0 Å². The maximum absolute atomic E-state index is 3.72. The van der Waals surface area contributed by atoms with Gasteiger partial charge in [-0.2, -0.15) is 0 Å². The molecule has 1 aromatic heterocycles. The smallest absolute Gasteiger partial charge is 0.247 e. The number of nitrogens with one attached hydrogen (secondary N) is 1. The van der Waals surface area contributed by atoms with Gasteiger partial charge in [0.1, 0.15) is 12.4 Å². The molecule has 0 aliphatic rings. The predicted molar refractivity (Wildman–Crippen MR) is 159 cm³/mol. The Bertz CT molecular complexity index is 961. The first kappa shape index (κ1) is 29.2. The third-order valence-corrected chi connectivity index (χ3v) is 8.34. The Morgan fingerprint density at radius 1 is 0.703 bits per heavy atom. The number of rotatable bonds is 19. The minimum absolute atomic E-state index is 0.0146. The van der Waals surface area contributed by atoms with Gasteiger partial charge in [0.2, 0.25) is 0 Å². The molecule has 0 bridgehead atoms. The molecule has 0 spiro atoms. The standard InChI is InChI=1S/C35H52N2/c1-4-6-8-9-10-11-12-13-14-21-26-33(34-36-27-29-37(34)28-7-5-2)35(3,32-24-19-16-20-25-32)30-31-22-17-15-18-23-31/h15-20,22-25,27,29,33H,4-14,21,26,28,30H2,1-3H3/p+1. The number of hydrogen-bond acceptors (Lipinski definition) is 0. The molecule has 0 aliphatic heterocycles. The van der Waals surface area contributed by atoms with Gasteiger partial charge in [-0.1, -0.05) is 152 Å². The van der Waals surface area contributed by atoms with E-state index in [0.29, 0.717) is 5.92 Å². The van der Waals surface area contributed by atoms with E-state index in [4.69, 9.17) is 0 Å². The van der Waals surface area contributed by atoms with Gasteiger partial charge in [0.05, 0.1) is 12.5 Å². The SMILES string of the molecule is CCCCCCCCCCCCC(c1[nH]cc[n+]1CCCC)C(C)(Cc1ccccc1)c1ccccc1. The Kier molecular flexibility index (Phi) is 13.0. The number of H-pyrrole nitrogens is 1. The lowest BCUT2D eigenvalue weighted by Gasteiger charge is -2.37. The van der Waals surface area contributed by atoms with Crippen LogP contribution in [0.1, 0.15) is 127 Å². The van der Waals surface area contributed by atoms with Crippen LogP contribution in [-0.4, -0.2) is 4.98 Å². The van der Waals surface area contributed by atoms with E-state index in [1.54, 1.807) is 0 Å². The number of hydrogen-bond donors (Lipinski definition) is 1. The molecule has 3 rings (SSSR count). The normalized spacial score (nSPS) is 13.9. The molecule has 1 N–H and O–H groups in total. The van der Waals surface area contributed by atoms with Gasteiger partial charge in [-0.05, 0) is 30.4 Å². The highest BCUT2D eigenvalue weighted by Gasteiger charge is 2.41. The molecule has 3 aromatic rings. The van der Waals surface area contributed by atoms with Gasteiger partial charge >= 0.3 is 0 Å². The molecule has 1 heterocycles. The minimum Gasteiger partial charge on any atom is -0.247 e. The summed E-state index contributed by atoms with van der Waals surface area (Å²) in [5.74, 6) is 1.85. The summed E-state index contributed by atoms with van der Waals surface area (Å²) in [6, 6.07) is 22.4. The predicted octanol–water partition coefficient (Wildman–Crippen LogP) is 9.70. The molecule has 37 heavy (non-hydrogen) atoms. The molecule has 202 valence electrons. The first-order valence-electron chi connectivity index (χ1n) is 15.3. The van der Waals surface area contributed by atoms with Crippen molar-refractivity contribution < 1.29 is 4.57 Å². The summed E-state index contributed by atoms with van der Waals surface area (Å²) in [6.07, 6.45) is 23.0. The Morgan fingerprint density at radius 3 is 1.89 bits per heavy atom. The summed E-state index contributed by atoms with van der Waals surface area (Å²) in [5.41, 5.74) is 2.89. The van der Waals surface area contributed by atoms with E-state index >= 15 is 0 Å². The number of nitrogens with zero attached hydrogens (tertiary/aromatic N) is 1. The molecule has 2 atom stereocenters. The largest absolute Gasteiger partial charge is 0.258 e. The number of aromatic amines is 1. The monoisotopic (exact) mass is 501 g/mol. The zero-order valence-electron chi connectivity index (χ0n) is 24.1. The molecule has 0 amide bonds. The average Bonchev–Trinajstić information content (AvgIpc) is 3.39. The van der Waals surface area contributed by atoms with Crippen molar-refractivity contribution in [3.63, 3.8) is 0 Å². The number of benzene rings is 2. The Labute approximate surface area is 227 Å². The highest BCUT2D eigenvalue weighted by Crippen LogP contribution is 2.43. The topological polar surface area (TPSA) is 19.7 Å². The van der Waals surface area contributed by atoms with Crippen molar-refractivity contribution in [2.75, 3.05) is 0 Å². The summed E-state index contributed by atoms with van der Waals surface area (Å²) in [6.45, 7) is 8.20. The second-order valence-electron chi connectivity index (χ2n) is 11.4. The van der Waals surface area contributed by atoms with Crippen molar-refractivity contribution in [1.29, 1.82) is 0 Å². The van der Waals surface area contributed by atoms with Gasteiger partial charge in [0.15, 0.2) is 0 Å². The summed E-state index contributed by atoms with van der Waals surface area (Å²) in [5, 5.41) is 0. The van der Waals surface area contributed by atoms with Gasteiger partial charge in [-0.3, -0.25) is 0 Å². The van der Waals surface area contributed by atoms with Crippen LogP contribution in [0.3, 0.4) is 0 Å². The first-order valence-corrected chi connectivity index (χ1v) is 15.3. The number of imidazole rings is 1. The fourth-order valence-corrected chi connectivity index (χ4v) is 6.06. The third-order valence-electron chi connectivity index (χ3n) is 8.34. The van der Waals surface area contributed by atoms with Gasteiger partial charge in [0.25, 0.3) is 5.82 Å². The van der Waals surface area contributed by atoms with Crippen LogP contribution in [0.4, 0.5) is 0 Å². The van der Waals surface area contributed by atoms with Crippen molar-refractivity contribution in [3.8, 4) is 0 Å². The van der Waals surface area contributed by atoms with Gasteiger partial charge in [-0.15, -0.1) is 0 Å². The Hall–Kier alpha value is -2.35. The van der Waals surface area contributed by atoms with E-state index < -0.39 is 0 Å². The third kappa shape index (κ3) is 9.16. The molecule has 0 saturated heterocycles. The lowest BCUT2D eigenvalue weighted by atomic mass is 9.66. The Morgan fingerprint density at radius 2 is 1.27 bits per heavy atom. The number of aromatic nitrogens is 2. The minimum atomic E-state index is 0.0146. The van der Waals surface area contributed by atoms with Crippen LogP contribution in [0.5, 0.6) is 0 Å². The van der Waals surface area contributed by atoms with Crippen LogP contribution >= 0.6 is 0 Å². The summed E-state index contributed by atoms with van der Waals surface area (Å²) >= 11 is 0. The van der Waals surface area contributed by atoms with E-state index in [1.165, 1.54) is 100 Å². The second-order valence-corrected chi connectivity index (χ2v) is 11.4. The molecular weight excluding hydrogens is 448 g/mol. The van der Waals surface area contributed by atoms with E-state index in [9.17, 15) is 0 Å². The lowest BCUT2D eigenvalue weighted by Crippen LogP contribution is -2.43. The Balaban J connectivity index is 1.76. The summed E-state index contributed by atoms with van der Waals surface area (Å²) < 4.78 is 2.51. The molecule has 0 saturated carbocycles. The van der Waals surface area contributed by atoms with E-state index in [0.717, 1.165) is 13.0 Å². The molecule has 0 radical (unpaired) electrons. The number of aryl methyl sites for hydroxylation is 1. The van der Waals surface area contributed by atoms with Crippen molar-refractivity contribution in [1.82, 2.24) is 4.98 Å². The van der Waals surface area contributed by atoms with Gasteiger partial charge in [0, 0.05) is 5.41 Å². The van der Waals surface area contributed by atoms with Crippen LogP contribution in [0, 0.1) is 0 Å². The highest BCUT2D eigenvalue weighted by molar-refractivity contribution is 5.32. The van der Waals surface area contributed by atoms with Gasteiger partial charge < -0.3 is 0 Å². The quantitative estimate of drug-likeness (QED) is 0.125. The van der Waals surface area contributed by atoms with E-state index in [2.05, 4.69) is 103 Å². The fourth-order valence-electron chi connectivity index (χ4n) is 6.06. The van der Waals surface area contributed by atoms with Crippen LogP contribution in [0.25, 0.3) is 0 Å². The van der Waals surface area contributed by atoms with Crippen molar-refractivity contribution in [3.05, 3.63) is 90.0 Å². The highest BCUT2D eigenvalue weighted by atomic mass is 15.1. The maximum Gasteiger partial charge on any atom is 0.258 e. The molecule has 0 fully saturated rings. The fraction of sp³-hybridized carbons (Fsp3) is 0.571. The maximum atomic E-state index is 3.72. The molecule has 0 aliphatic carbocycles. The molecule has 2 unspecified atom stereocenters.